The molecule has 0 unspecified atom stereocenters. The highest BCUT2D eigenvalue weighted by Crippen LogP contribution is 2.14. The fraction of sp³-hybridized carbons (Fsp3) is 0.733. The van der Waals surface area contributed by atoms with Crippen molar-refractivity contribution in [1.29, 1.82) is 0 Å². The molecule has 1 aliphatic rings. The summed E-state index contributed by atoms with van der Waals surface area (Å²) in [6.45, 7) is 10.1. The summed E-state index contributed by atoms with van der Waals surface area (Å²) in [5.41, 5.74) is 3.35. The second-order valence-electron chi connectivity index (χ2n) is 5.53. The van der Waals surface area contributed by atoms with Crippen LogP contribution in [-0.2, 0) is 17.9 Å². The molecule has 5 nitrogen and oxygen atoms in total. The van der Waals surface area contributed by atoms with E-state index in [0.29, 0.717) is 6.54 Å². The first-order chi connectivity index (χ1) is 9.63. The highest BCUT2D eigenvalue weighted by atomic mass is 16.2. The Balaban J connectivity index is 2.03. The van der Waals surface area contributed by atoms with Crippen LogP contribution in [-0.4, -0.2) is 40.2 Å². The highest BCUT2D eigenvalue weighted by Gasteiger charge is 2.19. The lowest BCUT2D eigenvalue weighted by Crippen LogP contribution is -2.38. The van der Waals surface area contributed by atoms with Crippen molar-refractivity contribution in [1.82, 2.24) is 20.0 Å². The van der Waals surface area contributed by atoms with Crippen molar-refractivity contribution in [3.05, 3.63) is 17.0 Å². The highest BCUT2D eigenvalue weighted by molar-refractivity contribution is 5.76. The van der Waals surface area contributed by atoms with Gasteiger partial charge in [-0.25, -0.2) is 0 Å². The summed E-state index contributed by atoms with van der Waals surface area (Å²) in [6.07, 6.45) is 3.51. The van der Waals surface area contributed by atoms with Gasteiger partial charge in [0.15, 0.2) is 0 Å². The van der Waals surface area contributed by atoms with E-state index in [-0.39, 0.29) is 5.91 Å². The van der Waals surface area contributed by atoms with Crippen molar-refractivity contribution in [3.8, 4) is 0 Å². The minimum atomic E-state index is 0.199. The molecule has 1 aromatic rings. The fourth-order valence-corrected chi connectivity index (χ4v) is 2.77. The molecule has 1 aliphatic heterocycles. The quantitative estimate of drug-likeness (QED) is 0.890. The predicted molar refractivity (Wildman–Crippen MR) is 79.5 cm³/mol. The molecule has 20 heavy (non-hydrogen) atoms. The van der Waals surface area contributed by atoms with Crippen LogP contribution in [0.4, 0.5) is 0 Å². The van der Waals surface area contributed by atoms with Crippen LogP contribution in [0.15, 0.2) is 0 Å². The molecule has 1 fully saturated rings. The zero-order valence-electron chi connectivity index (χ0n) is 12.9. The van der Waals surface area contributed by atoms with E-state index >= 15 is 0 Å². The van der Waals surface area contributed by atoms with Gasteiger partial charge in [0.1, 0.15) is 6.54 Å². The van der Waals surface area contributed by atoms with Gasteiger partial charge in [0.25, 0.3) is 0 Å². The number of amides is 1. The normalized spacial score (nSPS) is 15.7. The summed E-state index contributed by atoms with van der Waals surface area (Å²) in [7, 11) is 0. The summed E-state index contributed by atoms with van der Waals surface area (Å²) >= 11 is 0. The van der Waals surface area contributed by atoms with Gasteiger partial charge in [-0.1, -0.05) is 6.92 Å². The van der Waals surface area contributed by atoms with E-state index in [4.69, 9.17) is 0 Å². The average molecular weight is 278 g/mol. The van der Waals surface area contributed by atoms with Crippen LogP contribution in [0.25, 0.3) is 0 Å². The molecule has 0 radical (unpaired) electrons. The Morgan fingerprint density at radius 3 is 2.60 bits per heavy atom. The average Bonchev–Trinajstić information content (AvgIpc) is 2.72. The number of carbonyl (C=O) groups excluding carboxylic acids is 1. The molecule has 5 heteroatoms. The van der Waals surface area contributed by atoms with Crippen molar-refractivity contribution < 1.29 is 4.79 Å². The molecule has 112 valence electrons. The van der Waals surface area contributed by atoms with E-state index in [1.807, 2.05) is 16.5 Å². The summed E-state index contributed by atoms with van der Waals surface area (Å²) in [5, 5.41) is 7.85. The molecule has 0 aliphatic carbocycles. The number of nitrogens with one attached hydrogen (secondary N) is 1. The Hall–Kier alpha value is -1.36. The Morgan fingerprint density at radius 1 is 1.25 bits per heavy atom. The molecule has 0 atom stereocenters. The largest absolute Gasteiger partial charge is 0.341 e. The van der Waals surface area contributed by atoms with Crippen molar-refractivity contribution in [2.24, 2.45) is 0 Å². The first-order valence-electron chi connectivity index (χ1n) is 7.64. The maximum atomic E-state index is 12.3. The molecule has 2 rings (SSSR count). The summed E-state index contributed by atoms with van der Waals surface area (Å²) in [5.74, 6) is 0.199. The minimum absolute atomic E-state index is 0.199. The molecule has 0 bridgehead atoms. The van der Waals surface area contributed by atoms with Gasteiger partial charge in [0, 0.05) is 30.9 Å². The third-order valence-electron chi connectivity index (χ3n) is 4.08. The zero-order valence-corrected chi connectivity index (χ0v) is 12.9. The van der Waals surface area contributed by atoms with Crippen molar-refractivity contribution in [2.45, 2.75) is 53.1 Å². The van der Waals surface area contributed by atoms with E-state index in [0.717, 1.165) is 50.4 Å². The van der Waals surface area contributed by atoms with Crippen LogP contribution >= 0.6 is 0 Å². The number of piperidine rings is 1. The third kappa shape index (κ3) is 3.39. The Labute approximate surface area is 121 Å². The minimum Gasteiger partial charge on any atom is -0.341 e. The number of aryl methyl sites for hydroxylation is 1. The molecule has 0 aromatic carbocycles. The van der Waals surface area contributed by atoms with E-state index in [9.17, 15) is 4.79 Å². The van der Waals surface area contributed by atoms with Gasteiger partial charge in [0.2, 0.25) is 5.91 Å². The van der Waals surface area contributed by atoms with Gasteiger partial charge < -0.3 is 10.2 Å². The Kier molecular flexibility index (Phi) is 5.17. The summed E-state index contributed by atoms with van der Waals surface area (Å²) in [4.78, 5) is 14.3. The number of likely N-dealkylation sites (tertiary alicyclic amines) is 1. The number of hydrogen-bond donors (Lipinski definition) is 1. The second kappa shape index (κ2) is 6.88. The van der Waals surface area contributed by atoms with E-state index in [1.165, 1.54) is 12.0 Å². The smallest absolute Gasteiger partial charge is 0.244 e. The Morgan fingerprint density at radius 2 is 1.95 bits per heavy atom. The molecular formula is C15H26N4O. The molecule has 0 saturated carbocycles. The van der Waals surface area contributed by atoms with E-state index in [2.05, 4.69) is 24.3 Å². The van der Waals surface area contributed by atoms with Crippen molar-refractivity contribution in [3.63, 3.8) is 0 Å². The molecule has 2 heterocycles. The SMILES string of the molecule is CCNCc1c(C)nn(CC(=O)N2CCCCC2)c1C. The number of rotatable bonds is 5. The van der Waals surface area contributed by atoms with Crippen LogP contribution in [0, 0.1) is 13.8 Å². The third-order valence-corrected chi connectivity index (χ3v) is 4.08. The van der Waals surface area contributed by atoms with Gasteiger partial charge in [-0.15, -0.1) is 0 Å². The second-order valence-corrected chi connectivity index (χ2v) is 5.53. The standard InChI is InChI=1S/C15H26N4O/c1-4-16-10-14-12(2)17-19(13(14)3)11-15(20)18-8-6-5-7-9-18/h16H,4-11H2,1-3H3. The number of hydrogen-bond acceptors (Lipinski definition) is 3. The van der Waals surface area contributed by atoms with Gasteiger partial charge >= 0.3 is 0 Å². The topological polar surface area (TPSA) is 50.2 Å². The van der Waals surface area contributed by atoms with Gasteiger partial charge in [-0.05, 0) is 39.7 Å². The van der Waals surface area contributed by atoms with Gasteiger partial charge in [-0.3, -0.25) is 9.48 Å². The van der Waals surface area contributed by atoms with Gasteiger partial charge in [0.05, 0.1) is 5.69 Å². The Bertz CT molecular complexity index is 461. The molecule has 1 saturated heterocycles. The predicted octanol–water partition coefficient (Wildman–Crippen LogP) is 1.62. The van der Waals surface area contributed by atoms with Crippen LogP contribution in [0.3, 0.4) is 0 Å². The van der Waals surface area contributed by atoms with Crippen molar-refractivity contribution >= 4 is 5.91 Å². The lowest BCUT2D eigenvalue weighted by atomic mass is 10.1. The lowest BCUT2D eigenvalue weighted by Gasteiger charge is -2.26. The van der Waals surface area contributed by atoms with Crippen LogP contribution in [0.5, 0.6) is 0 Å². The summed E-state index contributed by atoms with van der Waals surface area (Å²) in [6, 6.07) is 0. The van der Waals surface area contributed by atoms with Crippen LogP contribution in [0.1, 0.15) is 43.1 Å². The first kappa shape index (κ1) is 15.0. The number of nitrogens with zero attached hydrogens (tertiary/aromatic N) is 3. The summed E-state index contributed by atoms with van der Waals surface area (Å²) < 4.78 is 1.86. The maximum Gasteiger partial charge on any atom is 0.244 e. The van der Waals surface area contributed by atoms with Crippen LogP contribution < -0.4 is 5.32 Å². The van der Waals surface area contributed by atoms with E-state index < -0.39 is 0 Å². The van der Waals surface area contributed by atoms with Crippen LogP contribution in [0.2, 0.25) is 0 Å². The molecule has 1 aromatic heterocycles. The fourth-order valence-electron chi connectivity index (χ4n) is 2.77. The molecular weight excluding hydrogens is 252 g/mol. The zero-order chi connectivity index (χ0) is 14.5. The number of aromatic nitrogens is 2. The lowest BCUT2D eigenvalue weighted by molar-refractivity contribution is -0.132. The maximum absolute atomic E-state index is 12.3. The number of carbonyl (C=O) groups is 1. The monoisotopic (exact) mass is 278 g/mol. The van der Waals surface area contributed by atoms with Crippen molar-refractivity contribution in [2.75, 3.05) is 19.6 Å². The molecule has 0 spiro atoms. The molecule has 1 amide bonds. The molecule has 1 N–H and O–H groups in total. The first-order valence-corrected chi connectivity index (χ1v) is 7.64. The van der Waals surface area contributed by atoms with Gasteiger partial charge in [-0.2, -0.15) is 5.10 Å². The van der Waals surface area contributed by atoms with E-state index in [1.54, 1.807) is 0 Å².